The molecule has 2 nitrogen and oxygen atoms in total. The summed E-state index contributed by atoms with van der Waals surface area (Å²) in [5.41, 5.74) is 4.48. The molecule has 1 aromatic heterocycles. The lowest BCUT2D eigenvalue weighted by Gasteiger charge is -2.09. The van der Waals surface area contributed by atoms with Crippen LogP contribution in [0.5, 0.6) is 0 Å². The van der Waals surface area contributed by atoms with E-state index in [1.165, 1.54) is 0 Å². The number of nitrogens with zero attached hydrogens (tertiary/aromatic N) is 1. The van der Waals surface area contributed by atoms with E-state index < -0.39 is 0 Å². The Kier molecular flexibility index (Phi) is 3.60. The van der Waals surface area contributed by atoms with Gasteiger partial charge in [-0.15, -0.1) is 0 Å². The number of anilines is 1. The monoisotopic (exact) mass is 244 g/mol. The van der Waals surface area contributed by atoms with E-state index in [4.69, 9.17) is 0 Å². The van der Waals surface area contributed by atoms with Crippen molar-refractivity contribution in [1.29, 1.82) is 0 Å². The van der Waals surface area contributed by atoms with Gasteiger partial charge in [0, 0.05) is 24.1 Å². The Morgan fingerprint density at radius 3 is 2.39 bits per heavy atom. The first kappa shape index (κ1) is 12.6. The number of aromatic nitrogens is 1. The predicted octanol–water partition coefficient (Wildman–Crippen LogP) is 3.76. The van der Waals surface area contributed by atoms with E-state index in [9.17, 15) is 4.39 Å². The summed E-state index contributed by atoms with van der Waals surface area (Å²) in [5.74, 6) is -0.112. The maximum absolute atomic E-state index is 13.5. The topological polar surface area (TPSA) is 24.9 Å². The molecule has 1 heterocycles. The van der Waals surface area contributed by atoms with E-state index in [0.29, 0.717) is 17.7 Å². The average molecular weight is 244 g/mol. The third kappa shape index (κ3) is 2.86. The smallest absolute Gasteiger partial charge is 0.129 e. The number of hydrogen-bond acceptors (Lipinski definition) is 2. The Morgan fingerprint density at radius 1 is 1.11 bits per heavy atom. The van der Waals surface area contributed by atoms with Crippen molar-refractivity contribution in [1.82, 2.24) is 4.98 Å². The summed E-state index contributed by atoms with van der Waals surface area (Å²) in [6.07, 6.45) is 1.78. The lowest BCUT2D eigenvalue weighted by molar-refractivity contribution is 0.608. The van der Waals surface area contributed by atoms with Crippen LogP contribution in [0.3, 0.4) is 0 Å². The second-order valence-corrected chi connectivity index (χ2v) is 4.58. The number of aryl methyl sites for hydroxylation is 3. The van der Waals surface area contributed by atoms with Gasteiger partial charge in [-0.25, -0.2) is 4.39 Å². The van der Waals surface area contributed by atoms with Crippen LogP contribution in [0.25, 0.3) is 0 Å². The fraction of sp³-hybridized carbons (Fsp3) is 0.267. The molecule has 1 aromatic carbocycles. The van der Waals surface area contributed by atoms with E-state index in [1.54, 1.807) is 20.0 Å². The first-order valence-electron chi connectivity index (χ1n) is 5.98. The van der Waals surface area contributed by atoms with Gasteiger partial charge in [-0.1, -0.05) is 12.1 Å². The van der Waals surface area contributed by atoms with Crippen molar-refractivity contribution in [3.8, 4) is 0 Å². The molecule has 0 saturated heterocycles. The minimum absolute atomic E-state index is 0.112. The molecule has 2 rings (SSSR count). The van der Waals surface area contributed by atoms with Gasteiger partial charge in [0.2, 0.25) is 0 Å². The second kappa shape index (κ2) is 5.17. The standard InChI is InChI=1S/C15H17FN2/c1-10-6-13(7-11(2)15(10)16)9-18-14-4-5-17-12(3)8-14/h4-8H,9H2,1-3H3,(H,17,18). The van der Waals surface area contributed by atoms with Gasteiger partial charge in [-0.2, -0.15) is 0 Å². The summed E-state index contributed by atoms with van der Waals surface area (Å²) in [4.78, 5) is 4.15. The summed E-state index contributed by atoms with van der Waals surface area (Å²) in [7, 11) is 0. The first-order valence-corrected chi connectivity index (χ1v) is 5.98. The average Bonchev–Trinajstić information content (AvgIpc) is 2.33. The maximum Gasteiger partial charge on any atom is 0.129 e. The molecule has 0 bridgehead atoms. The Bertz CT molecular complexity index is 541. The Hall–Kier alpha value is -1.90. The zero-order valence-electron chi connectivity index (χ0n) is 10.9. The number of hydrogen-bond donors (Lipinski definition) is 1. The molecule has 0 aliphatic carbocycles. The van der Waals surface area contributed by atoms with Crippen molar-refractivity contribution in [2.24, 2.45) is 0 Å². The van der Waals surface area contributed by atoms with Crippen LogP contribution in [0.15, 0.2) is 30.5 Å². The van der Waals surface area contributed by atoms with Crippen molar-refractivity contribution in [2.75, 3.05) is 5.32 Å². The molecule has 0 atom stereocenters. The van der Waals surface area contributed by atoms with E-state index >= 15 is 0 Å². The maximum atomic E-state index is 13.5. The summed E-state index contributed by atoms with van der Waals surface area (Å²) in [6.45, 7) is 6.23. The highest BCUT2D eigenvalue weighted by molar-refractivity contribution is 5.44. The van der Waals surface area contributed by atoms with Gasteiger partial charge >= 0.3 is 0 Å². The summed E-state index contributed by atoms with van der Waals surface area (Å²) in [5, 5.41) is 3.31. The Morgan fingerprint density at radius 2 is 1.78 bits per heavy atom. The number of benzene rings is 1. The largest absolute Gasteiger partial charge is 0.381 e. The molecule has 94 valence electrons. The molecule has 0 radical (unpaired) electrons. The van der Waals surface area contributed by atoms with Gasteiger partial charge in [-0.05, 0) is 49.6 Å². The summed E-state index contributed by atoms with van der Waals surface area (Å²) in [6, 6.07) is 7.67. The molecular weight excluding hydrogens is 227 g/mol. The molecule has 0 amide bonds. The van der Waals surface area contributed by atoms with Crippen LogP contribution < -0.4 is 5.32 Å². The van der Waals surface area contributed by atoms with Crippen LogP contribution in [0.2, 0.25) is 0 Å². The van der Waals surface area contributed by atoms with Crippen LogP contribution in [0.4, 0.5) is 10.1 Å². The molecule has 1 N–H and O–H groups in total. The molecule has 18 heavy (non-hydrogen) atoms. The van der Waals surface area contributed by atoms with Crippen molar-refractivity contribution in [3.05, 3.63) is 58.7 Å². The fourth-order valence-electron chi connectivity index (χ4n) is 2.00. The van der Waals surface area contributed by atoms with E-state index in [-0.39, 0.29) is 5.82 Å². The Balaban J connectivity index is 2.11. The highest BCUT2D eigenvalue weighted by Gasteiger charge is 2.04. The SMILES string of the molecule is Cc1cc(NCc2cc(C)c(F)c(C)c2)ccn1. The normalized spacial score (nSPS) is 10.4. The van der Waals surface area contributed by atoms with Crippen molar-refractivity contribution >= 4 is 5.69 Å². The zero-order valence-corrected chi connectivity index (χ0v) is 10.9. The molecule has 3 heteroatoms. The first-order chi connectivity index (χ1) is 8.56. The highest BCUT2D eigenvalue weighted by Crippen LogP contribution is 2.16. The number of rotatable bonds is 3. The molecule has 0 aliphatic heterocycles. The lowest BCUT2D eigenvalue weighted by atomic mass is 10.1. The van der Waals surface area contributed by atoms with Gasteiger partial charge < -0.3 is 5.32 Å². The van der Waals surface area contributed by atoms with Gasteiger partial charge in [-0.3, -0.25) is 4.98 Å². The number of halogens is 1. The minimum atomic E-state index is -0.112. The van der Waals surface area contributed by atoms with Gasteiger partial charge in [0.25, 0.3) is 0 Å². The summed E-state index contributed by atoms with van der Waals surface area (Å²) >= 11 is 0. The van der Waals surface area contributed by atoms with Crippen LogP contribution in [-0.4, -0.2) is 4.98 Å². The third-order valence-electron chi connectivity index (χ3n) is 2.89. The minimum Gasteiger partial charge on any atom is -0.381 e. The van der Waals surface area contributed by atoms with Crippen LogP contribution in [-0.2, 0) is 6.54 Å². The van der Waals surface area contributed by atoms with E-state index in [0.717, 1.165) is 16.9 Å². The van der Waals surface area contributed by atoms with Crippen LogP contribution in [0, 0.1) is 26.6 Å². The molecule has 0 unspecified atom stereocenters. The second-order valence-electron chi connectivity index (χ2n) is 4.58. The summed E-state index contributed by atoms with van der Waals surface area (Å²) < 4.78 is 13.5. The van der Waals surface area contributed by atoms with Gasteiger partial charge in [0.15, 0.2) is 0 Å². The number of pyridine rings is 1. The van der Waals surface area contributed by atoms with Crippen LogP contribution >= 0.6 is 0 Å². The van der Waals surface area contributed by atoms with Crippen molar-refractivity contribution in [2.45, 2.75) is 27.3 Å². The molecule has 2 aromatic rings. The zero-order chi connectivity index (χ0) is 13.1. The molecule has 0 fully saturated rings. The molecule has 0 saturated carbocycles. The van der Waals surface area contributed by atoms with Crippen LogP contribution in [0.1, 0.15) is 22.4 Å². The van der Waals surface area contributed by atoms with Gasteiger partial charge in [0.1, 0.15) is 5.82 Å². The predicted molar refractivity (Wildman–Crippen MR) is 72.2 cm³/mol. The quantitative estimate of drug-likeness (QED) is 0.889. The third-order valence-corrected chi connectivity index (χ3v) is 2.89. The van der Waals surface area contributed by atoms with Crippen molar-refractivity contribution in [3.63, 3.8) is 0 Å². The van der Waals surface area contributed by atoms with E-state index in [1.807, 2.05) is 31.2 Å². The highest BCUT2D eigenvalue weighted by atomic mass is 19.1. The molecular formula is C15H17FN2. The molecule has 0 aliphatic rings. The van der Waals surface area contributed by atoms with Crippen molar-refractivity contribution < 1.29 is 4.39 Å². The lowest BCUT2D eigenvalue weighted by Crippen LogP contribution is -2.02. The fourth-order valence-corrected chi connectivity index (χ4v) is 2.00. The Labute approximate surface area is 107 Å². The molecule has 0 spiro atoms. The van der Waals surface area contributed by atoms with Gasteiger partial charge in [0.05, 0.1) is 0 Å². The van der Waals surface area contributed by atoms with E-state index in [2.05, 4.69) is 10.3 Å². The number of nitrogens with one attached hydrogen (secondary N) is 1.